The second kappa shape index (κ2) is 11.2. The number of hydrogen-bond acceptors (Lipinski definition) is 5. The fraction of sp³-hybridized carbons (Fsp3) is 0.280. The Kier molecular flexibility index (Phi) is 8.13. The summed E-state index contributed by atoms with van der Waals surface area (Å²) in [6.07, 6.45) is 0.626. The summed E-state index contributed by atoms with van der Waals surface area (Å²) in [5.74, 6) is 0.246. The van der Waals surface area contributed by atoms with Crippen molar-refractivity contribution in [1.82, 2.24) is 9.80 Å². The molecule has 0 saturated heterocycles. The summed E-state index contributed by atoms with van der Waals surface area (Å²) in [6, 6.07) is 14.8. The molecule has 0 N–H and O–H groups in total. The van der Waals surface area contributed by atoms with Crippen LogP contribution in [0.5, 0.6) is 0 Å². The van der Waals surface area contributed by atoms with E-state index in [1.807, 2.05) is 13.8 Å². The van der Waals surface area contributed by atoms with Crippen molar-refractivity contribution in [3.05, 3.63) is 99.2 Å². The number of aryl methyl sites for hydroxylation is 1. The highest BCUT2D eigenvalue weighted by Crippen LogP contribution is 2.17. The number of hydrogen-bond donors (Lipinski definition) is 0. The molecule has 0 spiro atoms. The van der Waals surface area contributed by atoms with Crippen LogP contribution < -0.4 is 0 Å². The lowest BCUT2D eigenvalue weighted by molar-refractivity contribution is -0.384. The van der Waals surface area contributed by atoms with E-state index in [1.54, 1.807) is 29.2 Å². The second-order valence-electron chi connectivity index (χ2n) is 7.92. The minimum Gasteiger partial charge on any atom is -0.464 e. The molecule has 0 radical (unpaired) electrons. The van der Waals surface area contributed by atoms with Crippen LogP contribution >= 0.6 is 0 Å². The van der Waals surface area contributed by atoms with Gasteiger partial charge in [-0.05, 0) is 55.3 Å². The number of nitro groups is 1. The first kappa shape index (κ1) is 24.6. The van der Waals surface area contributed by atoms with E-state index in [0.717, 1.165) is 5.56 Å². The van der Waals surface area contributed by atoms with Crippen molar-refractivity contribution in [3.63, 3.8) is 0 Å². The maximum Gasteiger partial charge on any atom is 0.269 e. The van der Waals surface area contributed by atoms with E-state index in [-0.39, 0.29) is 48.5 Å². The standard InChI is InChI=1S/C25H26FN3O5/c1-3-14-27(25(31)20-7-11-22(12-8-20)29(32)33)17-24(30)28(16-23-13-4-18(2)34-23)15-19-5-9-21(26)10-6-19/h4-13H,3,14-17H2,1-2H3. The average Bonchev–Trinajstić information content (AvgIpc) is 3.23. The predicted molar refractivity (Wildman–Crippen MR) is 123 cm³/mol. The minimum atomic E-state index is -0.536. The van der Waals surface area contributed by atoms with Gasteiger partial charge in [0.2, 0.25) is 5.91 Å². The lowest BCUT2D eigenvalue weighted by Crippen LogP contribution is -2.42. The van der Waals surface area contributed by atoms with E-state index in [0.29, 0.717) is 24.5 Å². The first-order valence-corrected chi connectivity index (χ1v) is 10.9. The highest BCUT2D eigenvalue weighted by atomic mass is 19.1. The molecule has 0 aliphatic carbocycles. The Labute approximate surface area is 196 Å². The molecule has 0 aliphatic heterocycles. The van der Waals surface area contributed by atoms with E-state index in [1.165, 1.54) is 41.3 Å². The van der Waals surface area contributed by atoms with Gasteiger partial charge in [0.1, 0.15) is 23.9 Å². The molecule has 1 aromatic heterocycles. The van der Waals surface area contributed by atoms with Crippen LogP contribution in [0.3, 0.4) is 0 Å². The zero-order chi connectivity index (χ0) is 24.7. The van der Waals surface area contributed by atoms with Gasteiger partial charge in [-0.15, -0.1) is 0 Å². The summed E-state index contributed by atoms with van der Waals surface area (Å²) < 4.78 is 19.0. The molecule has 2 amide bonds. The minimum absolute atomic E-state index is 0.117. The van der Waals surface area contributed by atoms with Crippen LogP contribution in [0.1, 0.15) is 40.8 Å². The first-order valence-electron chi connectivity index (χ1n) is 10.9. The summed E-state index contributed by atoms with van der Waals surface area (Å²) >= 11 is 0. The van der Waals surface area contributed by atoms with Crippen LogP contribution in [0.15, 0.2) is 65.1 Å². The third kappa shape index (κ3) is 6.50. The highest BCUT2D eigenvalue weighted by Gasteiger charge is 2.23. The fourth-order valence-corrected chi connectivity index (χ4v) is 3.49. The number of amides is 2. The lowest BCUT2D eigenvalue weighted by atomic mass is 10.1. The monoisotopic (exact) mass is 467 g/mol. The van der Waals surface area contributed by atoms with Crippen molar-refractivity contribution in [3.8, 4) is 0 Å². The Morgan fingerprint density at radius 3 is 2.21 bits per heavy atom. The van der Waals surface area contributed by atoms with Crippen LogP contribution in [-0.2, 0) is 17.9 Å². The molecule has 178 valence electrons. The van der Waals surface area contributed by atoms with Crippen molar-refractivity contribution in [1.29, 1.82) is 0 Å². The number of rotatable bonds is 10. The Bertz CT molecular complexity index is 1140. The van der Waals surface area contributed by atoms with Gasteiger partial charge in [-0.25, -0.2) is 4.39 Å². The molecule has 0 aliphatic rings. The van der Waals surface area contributed by atoms with E-state index in [9.17, 15) is 24.1 Å². The summed E-state index contributed by atoms with van der Waals surface area (Å²) in [7, 11) is 0. The molecule has 8 nitrogen and oxygen atoms in total. The van der Waals surface area contributed by atoms with Gasteiger partial charge in [0, 0.05) is 30.8 Å². The zero-order valence-electron chi connectivity index (χ0n) is 19.1. The number of halogens is 1. The topological polar surface area (TPSA) is 96.9 Å². The van der Waals surface area contributed by atoms with E-state index < -0.39 is 4.92 Å². The van der Waals surface area contributed by atoms with Crippen LogP contribution in [0.25, 0.3) is 0 Å². The first-order chi connectivity index (χ1) is 16.3. The normalized spacial score (nSPS) is 10.7. The van der Waals surface area contributed by atoms with Gasteiger partial charge in [-0.3, -0.25) is 19.7 Å². The zero-order valence-corrected chi connectivity index (χ0v) is 19.1. The lowest BCUT2D eigenvalue weighted by Gasteiger charge is -2.27. The quantitative estimate of drug-likeness (QED) is 0.318. The molecule has 0 fully saturated rings. The Balaban J connectivity index is 1.79. The number of carbonyl (C=O) groups excluding carboxylic acids is 2. The Hall–Kier alpha value is -4.01. The molecule has 3 aromatic rings. The maximum absolute atomic E-state index is 13.3. The molecule has 0 bridgehead atoms. The van der Waals surface area contributed by atoms with Crippen molar-refractivity contribution >= 4 is 17.5 Å². The van der Waals surface area contributed by atoms with Crippen molar-refractivity contribution in [2.45, 2.75) is 33.4 Å². The van der Waals surface area contributed by atoms with Gasteiger partial charge in [0.15, 0.2) is 0 Å². The number of nitrogens with zero attached hydrogens (tertiary/aromatic N) is 3. The number of furan rings is 1. The van der Waals surface area contributed by atoms with Gasteiger partial charge >= 0.3 is 0 Å². The molecule has 0 unspecified atom stereocenters. The summed E-state index contributed by atoms with van der Waals surface area (Å²) in [6.45, 7) is 4.26. The van der Waals surface area contributed by atoms with Crippen LogP contribution in [0, 0.1) is 22.9 Å². The largest absolute Gasteiger partial charge is 0.464 e. The van der Waals surface area contributed by atoms with Gasteiger partial charge in [-0.1, -0.05) is 19.1 Å². The average molecular weight is 467 g/mol. The van der Waals surface area contributed by atoms with Crippen LogP contribution in [0.4, 0.5) is 10.1 Å². The molecular formula is C25H26FN3O5. The maximum atomic E-state index is 13.3. The Morgan fingerprint density at radius 2 is 1.65 bits per heavy atom. The molecule has 0 atom stereocenters. The third-order valence-corrected chi connectivity index (χ3v) is 5.21. The van der Waals surface area contributed by atoms with Crippen molar-refractivity contribution in [2.75, 3.05) is 13.1 Å². The molecule has 34 heavy (non-hydrogen) atoms. The smallest absolute Gasteiger partial charge is 0.269 e. The van der Waals surface area contributed by atoms with E-state index >= 15 is 0 Å². The number of benzene rings is 2. The number of non-ortho nitro benzene ring substituents is 1. The van der Waals surface area contributed by atoms with E-state index in [4.69, 9.17) is 4.42 Å². The molecular weight excluding hydrogens is 441 g/mol. The SMILES string of the molecule is CCCN(CC(=O)N(Cc1ccc(F)cc1)Cc1ccc(C)o1)C(=O)c1ccc([N+](=O)[O-])cc1. The highest BCUT2D eigenvalue weighted by molar-refractivity contribution is 5.96. The summed E-state index contributed by atoms with van der Waals surface area (Å²) in [5.41, 5.74) is 0.884. The predicted octanol–water partition coefficient (Wildman–Crippen LogP) is 4.72. The number of carbonyl (C=O) groups is 2. The van der Waals surface area contributed by atoms with Crippen molar-refractivity contribution < 1.29 is 23.3 Å². The number of nitro benzene ring substituents is 1. The summed E-state index contributed by atoms with van der Waals surface area (Å²) in [5, 5.41) is 10.9. The fourth-order valence-electron chi connectivity index (χ4n) is 3.49. The van der Waals surface area contributed by atoms with Crippen LogP contribution in [0.2, 0.25) is 0 Å². The Morgan fingerprint density at radius 1 is 0.971 bits per heavy atom. The van der Waals surface area contributed by atoms with Gasteiger partial charge < -0.3 is 14.2 Å². The molecule has 2 aromatic carbocycles. The van der Waals surface area contributed by atoms with E-state index in [2.05, 4.69) is 0 Å². The summed E-state index contributed by atoms with van der Waals surface area (Å²) in [4.78, 5) is 39.7. The molecule has 3 rings (SSSR count). The van der Waals surface area contributed by atoms with Crippen LogP contribution in [-0.4, -0.2) is 39.6 Å². The van der Waals surface area contributed by atoms with Gasteiger partial charge in [-0.2, -0.15) is 0 Å². The van der Waals surface area contributed by atoms with Gasteiger partial charge in [0.25, 0.3) is 11.6 Å². The second-order valence-corrected chi connectivity index (χ2v) is 7.92. The third-order valence-electron chi connectivity index (χ3n) is 5.21. The molecule has 9 heteroatoms. The molecule has 0 saturated carbocycles. The van der Waals surface area contributed by atoms with Gasteiger partial charge in [0.05, 0.1) is 11.5 Å². The van der Waals surface area contributed by atoms with Crippen molar-refractivity contribution in [2.24, 2.45) is 0 Å². The molecule has 1 heterocycles.